The topological polar surface area (TPSA) is 66.8 Å². The average molecular weight is 375 g/mol. The second-order valence-electron chi connectivity index (χ2n) is 6.36. The van der Waals surface area contributed by atoms with Crippen molar-refractivity contribution in [2.24, 2.45) is 0 Å². The minimum absolute atomic E-state index is 0.287. The summed E-state index contributed by atoms with van der Waals surface area (Å²) in [5.74, 6) is -0.557. The fraction of sp³-hybridized carbons (Fsp3) is 0.130. The SMILES string of the molecule is C[C@@H](C(=O)N(CC(=O)O)c1ccccc1)c1cccc(Oc2ccccc2)c1. The molecule has 1 N–H and O–H groups in total. The molecule has 1 amide bonds. The molecule has 0 aliphatic rings. The summed E-state index contributed by atoms with van der Waals surface area (Å²) in [6.07, 6.45) is 0. The molecule has 0 fully saturated rings. The molecule has 3 rings (SSSR count). The lowest BCUT2D eigenvalue weighted by atomic mass is 9.99. The molecule has 0 unspecified atom stereocenters. The van der Waals surface area contributed by atoms with Crippen LogP contribution in [0.25, 0.3) is 0 Å². The molecule has 142 valence electrons. The van der Waals surface area contributed by atoms with Crippen LogP contribution in [-0.4, -0.2) is 23.5 Å². The molecule has 3 aromatic carbocycles. The van der Waals surface area contributed by atoms with Crippen LogP contribution in [0.5, 0.6) is 11.5 Å². The fourth-order valence-corrected chi connectivity index (χ4v) is 2.89. The van der Waals surface area contributed by atoms with E-state index in [0.29, 0.717) is 17.2 Å². The van der Waals surface area contributed by atoms with Gasteiger partial charge in [0.25, 0.3) is 0 Å². The van der Waals surface area contributed by atoms with E-state index in [1.807, 2.05) is 54.6 Å². The van der Waals surface area contributed by atoms with Crippen LogP contribution >= 0.6 is 0 Å². The zero-order valence-electron chi connectivity index (χ0n) is 15.5. The summed E-state index contributed by atoms with van der Waals surface area (Å²) in [6, 6.07) is 25.5. The molecule has 5 nitrogen and oxygen atoms in total. The number of aliphatic carboxylic acids is 1. The minimum atomic E-state index is -1.06. The fourth-order valence-electron chi connectivity index (χ4n) is 2.89. The molecule has 0 aliphatic carbocycles. The third-order valence-electron chi connectivity index (χ3n) is 4.33. The lowest BCUT2D eigenvalue weighted by Gasteiger charge is -2.24. The molecule has 0 heterocycles. The Balaban J connectivity index is 1.83. The highest BCUT2D eigenvalue weighted by molar-refractivity contribution is 6.01. The quantitative estimate of drug-likeness (QED) is 0.650. The van der Waals surface area contributed by atoms with Gasteiger partial charge in [-0.05, 0) is 48.9 Å². The van der Waals surface area contributed by atoms with Gasteiger partial charge >= 0.3 is 5.97 Å². The van der Waals surface area contributed by atoms with Crippen LogP contribution in [0.4, 0.5) is 5.69 Å². The van der Waals surface area contributed by atoms with Gasteiger partial charge in [0.1, 0.15) is 18.0 Å². The van der Waals surface area contributed by atoms with Gasteiger partial charge in [-0.1, -0.05) is 48.5 Å². The molecular weight excluding hydrogens is 354 g/mol. The number of rotatable bonds is 7. The van der Waals surface area contributed by atoms with Crippen LogP contribution in [0, 0.1) is 0 Å². The molecule has 0 bridgehead atoms. The number of para-hydroxylation sites is 2. The van der Waals surface area contributed by atoms with Gasteiger partial charge in [-0.3, -0.25) is 9.59 Å². The zero-order valence-corrected chi connectivity index (χ0v) is 15.5. The Morgan fingerprint density at radius 3 is 2.14 bits per heavy atom. The number of carbonyl (C=O) groups excluding carboxylic acids is 1. The van der Waals surface area contributed by atoms with E-state index in [4.69, 9.17) is 4.74 Å². The second-order valence-corrected chi connectivity index (χ2v) is 6.36. The van der Waals surface area contributed by atoms with E-state index in [-0.39, 0.29) is 5.91 Å². The van der Waals surface area contributed by atoms with Gasteiger partial charge in [0.2, 0.25) is 5.91 Å². The van der Waals surface area contributed by atoms with Gasteiger partial charge in [0.05, 0.1) is 5.92 Å². The standard InChI is InChI=1S/C23H21NO4/c1-17(23(27)24(16-22(25)26)19-10-4-2-5-11-19)18-9-8-14-21(15-18)28-20-12-6-3-7-13-20/h2-15,17H,16H2,1H3,(H,25,26)/t17-/m1/s1. The number of hydrogen-bond acceptors (Lipinski definition) is 3. The van der Waals surface area contributed by atoms with Crippen molar-refractivity contribution in [1.82, 2.24) is 0 Å². The second kappa shape index (κ2) is 8.86. The Morgan fingerprint density at radius 2 is 1.50 bits per heavy atom. The normalized spacial score (nSPS) is 11.5. The molecule has 28 heavy (non-hydrogen) atoms. The number of ether oxygens (including phenoxy) is 1. The van der Waals surface area contributed by atoms with Gasteiger partial charge in [-0.25, -0.2) is 0 Å². The molecule has 0 aliphatic heterocycles. The first-order chi connectivity index (χ1) is 13.5. The number of carboxylic acids is 1. The van der Waals surface area contributed by atoms with Crippen LogP contribution in [0.1, 0.15) is 18.4 Å². The van der Waals surface area contributed by atoms with E-state index in [0.717, 1.165) is 5.56 Å². The number of amides is 1. The van der Waals surface area contributed by atoms with E-state index in [9.17, 15) is 14.7 Å². The van der Waals surface area contributed by atoms with Crippen LogP contribution < -0.4 is 9.64 Å². The third-order valence-corrected chi connectivity index (χ3v) is 4.33. The number of anilines is 1. The van der Waals surface area contributed by atoms with Crippen molar-refractivity contribution in [3.63, 3.8) is 0 Å². The molecule has 0 radical (unpaired) electrons. The number of carbonyl (C=O) groups is 2. The monoisotopic (exact) mass is 375 g/mol. The van der Waals surface area contributed by atoms with Crippen LogP contribution in [0.15, 0.2) is 84.9 Å². The molecule has 0 aromatic heterocycles. The number of hydrogen-bond donors (Lipinski definition) is 1. The van der Waals surface area contributed by atoms with Crippen molar-refractivity contribution >= 4 is 17.6 Å². The van der Waals surface area contributed by atoms with Gasteiger partial charge in [-0.2, -0.15) is 0 Å². The van der Waals surface area contributed by atoms with Crippen molar-refractivity contribution in [3.05, 3.63) is 90.5 Å². The molecule has 0 saturated carbocycles. The summed E-state index contributed by atoms with van der Waals surface area (Å²) >= 11 is 0. The molecule has 5 heteroatoms. The van der Waals surface area contributed by atoms with Crippen LogP contribution in [0.2, 0.25) is 0 Å². The van der Waals surface area contributed by atoms with Gasteiger partial charge in [0, 0.05) is 5.69 Å². The van der Waals surface area contributed by atoms with E-state index < -0.39 is 18.4 Å². The first-order valence-corrected chi connectivity index (χ1v) is 8.95. The highest BCUT2D eigenvalue weighted by atomic mass is 16.5. The Labute approximate surface area is 163 Å². The van der Waals surface area contributed by atoms with E-state index in [1.165, 1.54) is 4.90 Å². The maximum atomic E-state index is 13.1. The molecule has 3 aromatic rings. The van der Waals surface area contributed by atoms with Gasteiger partial charge < -0.3 is 14.7 Å². The van der Waals surface area contributed by atoms with E-state index in [1.54, 1.807) is 37.3 Å². The Kier molecular flexibility index (Phi) is 6.07. The Bertz CT molecular complexity index is 941. The summed E-state index contributed by atoms with van der Waals surface area (Å²) in [6.45, 7) is 1.37. The Morgan fingerprint density at radius 1 is 0.893 bits per heavy atom. The summed E-state index contributed by atoms with van der Waals surface area (Å²) in [5.41, 5.74) is 1.31. The van der Waals surface area contributed by atoms with E-state index in [2.05, 4.69) is 0 Å². The molecular formula is C23H21NO4. The van der Waals surface area contributed by atoms with Crippen molar-refractivity contribution in [2.75, 3.05) is 11.4 Å². The van der Waals surface area contributed by atoms with Crippen molar-refractivity contribution in [1.29, 1.82) is 0 Å². The van der Waals surface area contributed by atoms with Crippen LogP contribution in [-0.2, 0) is 9.59 Å². The average Bonchev–Trinajstić information content (AvgIpc) is 2.72. The lowest BCUT2D eigenvalue weighted by Crippen LogP contribution is -2.38. The summed E-state index contributed by atoms with van der Waals surface area (Å²) in [4.78, 5) is 25.7. The summed E-state index contributed by atoms with van der Waals surface area (Å²) < 4.78 is 5.84. The number of carboxylic acid groups (broad SMARTS) is 1. The van der Waals surface area contributed by atoms with Crippen molar-refractivity contribution in [2.45, 2.75) is 12.8 Å². The summed E-state index contributed by atoms with van der Waals surface area (Å²) in [5, 5.41) is 9.24. The predicted molar refractivity (Wildman–Crippen MR) is 108 cm³/mol. The maximum Gasteiger partial charge on any atom is 0.323 e. The minimum Gasteiger partial charge on any atom is -0.480 e. The van der Waals surface area contributed by atoms with Crippen molar-refractivity contribution < 1.29 is 19.4 Å². The van der Waals surface area contributed by atoms with E-state index >= 15 is 0 Å². The number of benzene rings is 3. The molecule has 1 atom stereocenters. The van der Waals surface area contributed by atoms with Crippen LogP contribution in [0.3, 0.4) is 0 Å². The largest absolute Gasteiger partial charge is 0.480 e. The highest BCUT2D eigenvalue weighted by Gasteiger charge is 2.25. The first-order valence-electron chi connectivity index (χ1n) is 8.95. The number of nitrogens with zero attached hydrogens (tertiary/aromatic N) is 1. The molecule has 0 saturated heterocycles. The van der Waals surface area contributed by atoms with Crippen molar-refractivity contribution in [3.8, 4) is 11.5 Å². The third kappa shape index (κ3) is 4.76. The van der Waals surface area contributed by atoms with Gasteiger partial charge in [0.15, 0.2) is 0 Å². The highest BCUT2D eigenvalue weighted by Crippen LogP contribution is 2.27. The Hall–Kier alpha value is -3.60. The summed E-state index contributed by atoms with van der Waals surface area (Å²) in [7, 11) is 0. The van der Waals surface area contributed by atoms with Gasteiger partial charge in [-0.15, -0.1) is 0 Å². The maximum absolute atomic E-state index is 13.1. The zero-order chi connectivity index (χ0) is 19.9. The molecule has 0 spiro atoms. The predicted octanol–water partition coefficient (Wildman–Crippen LogP) is 4.70. The lowest BCUT2D eigenvalue weighted by molar-refractivity contribution is -0.136. The smallest absolute Gasteiger partial charge is 0.323 e. The first kappa shape index (κ1) is 19.2.